The van der Waals surface area contributed by atoms with Gasteiger partial charge in [0.25, 0.3) is 5.91 Å². The lowest BCUT2D eigenvalue weighted by molar-refractivity contribution is 0.0561. The molecule has 1 fully saturated rings. The molecule has 1 aromatic rings. The minimum atomic E-state index is -0.117. The van der Waals surface area contributed by atoms with E-state index >= 15 is 0 Å². The summed E-state index contributed by atoms with van der Waals surface area (Å²) in [5.74, 6) is -0.0723. The van der Waals surface area contributed by atoms with E-state index in [1.165, 1.54) is 0 Å². The number of rotatable bonds is 1. The summed E-state index contributed by atoms with van der Waals surface area (Å²) >= 11 is 0. The zero-order valence-corrected chi connectivity index (χ0v) is 10.8. The number of hydrogen-bond acceptors (Lipinski definition) is 3. The van der Waals surface area contributed by atoms with Crippen LogP contribution in [0.5, 0.6) is 5.75 Å². The number of carbonyl (C=O) groups is 1. The van der Waals surface area contributed by atoms with Gasteiger partial charge in [0.2, 0.25) is 0 Å². The molecule has 1 aromatic carbocycles. The van der Waals surface area contributed by atoms with Crippen molar-refractivity contribution in [3.63, 3.8) is 0 Å². The summed E-state index contributed by atoms with van der Waals surface area (Å²) in [4.78, 5) is 14.1. The molecule has 0 radical (unpaired) electrons. The lowest BCUT2D eigenvalue weighted by atomic mass is 10.1. The van der Waals surface area contributed by atoms with Crippen LogP contribution in [0.3, 0.4) is 0 Å². The highest BCUT2D eigenvalue weighted by Gasteiger charge is 2.23. The molecule has 0 bridgehead atoms. The van der Waals surface area contributed by atoms with Crippen molar-refractivity contribution in [3.8, 4) is 5.75 Å². The molecule has 0 aromatic heterocycles. The predicted molar refractivity (Wildman–Crippen MR) is 68.8 cm³/mol. The highest BCUT2D eigenvalue weighted by Crippen LogP contribution is 2.21. The fourth-order valence-electron chi connectivity index (χ4n) is 2.17. The molecular formula is C14H19NO3. The van der Waals surface area contributed by atoms with Crippen LogP contribution >= 0.6 is 0 Å². The summed E-state index contributed by atoms with van der Waals surface area (Å²) in [6.07, 6.45) is 0.881. The molecule has 0 spiro atoms. The van der Waals surface area contributed by atoms with Crippen LogP contribution in [-0.2, 0) is 4.74 Å². The van der Waals surface area contributed by atoms with E-state index < -0.39 is 0 Å². The number of nitrogens with zero attached hydrogens (tertiary/aromatic N) is 1. The summed E-state index contributed by atoms with van der Waals surface area (Å²) in [5, 5.41) is 9.79. The molecule has 4 nitrogen and oxygen atoms in total. The lowest BCUT2D eigenvalue weighted by Gasteiger charge is -2.22. The zero-order chi connectivity index (χ0) is 13.1. The number of phenolic OH excluding ortho intramolecular Hbond substituents is 1. The normalized spacial score (nSPS) is 20.6. The van der Waals surface area contributed by atoms with E-state index in [-0.39, 0.29) is 17.8 Å². The topological polar surface area (TPSA) is 49.8 Å². The second-order valence-corrected chi connectivity index (χ2v) is 4.81. The monoisotopic (exact) mass is 249 g/mol. The third-order valence-corrected chi connectivity index (χ3v) is 3.12. The predicted octanol–water partition coefficient (Wildman–Crippen LogP) is 1.95. The van der Waals surface area contributed by atoms with Gasteiger partial charge in [0.15, 0.2) is 0 Å². The van der Waals surface area contributed by atoms with E-state index in [1.54, 1.807) is 23.1 Å². The molecule has 1 atom stereocenters. The van der Waals surface area contributed by atoms with E-state index in [2.05, 4.69) is 0 Å². The van der Waals surface area contributed by atoms with Gasteiger partial charge < -0.3 is 14.7 Å². The standard InChI is InChI=1S/C14H19NO3/c1-10-4-5-13(16)12(8-10)14(17)15-6-3-7-18-11(2)9-15/h4-5,8,11,16H,3,6-7,9H2,1-2H3. The van der Waals surface area contributed by atoms with Crippen molar-refractivity contribution in [3.05, 3.63) is 29.3 Å². The molecular weight excluding hydrogens is 230 g/mol. The summed E-state index contributed by atoms with van der Waals surface area (Å²) in [6.45, 7) is 5.81. The molecule has 1 aliphatic rings. The first-order chi connectivity index (χ1) is 8.58. The van der Waals surface area contributed by atoms with Gasteiger partial charge in [-0.2, -0.15) is 0 Å². The number of aryl methyl sites for hydroxylation is 1. The number of carbonyl (C=O) groups excluding carboxylic acids is 1. The van der Waals surface area contributed by atoms with Crippen molar-refractivity contribution >= 4 is 5.91 Å². The van der Waals surface area contributed by atoms with Gasteiger partial charge in [0, 0.05) is 19.7 Å². The Kier molecular flexibility index (Phi) is 3.87. The number of amides is 1. The molecule has 1 N–H and O–H groups in total. The van der Waals surface area contributed by atoms with Crippen molar-refractivity contribution < 1.29 is 14.6 Å². The number of aromatic hydroxyl groups is 1. The first-order valence-electron chi connectivity index (χ1n) is 6.28. The van der Waals surface area contributed by atoms with Gasteiger partial charge >= 0.3 is 0 Å². The van der Waals surface area contributed by atoms with Gasteiger partial charge in [-0.05, 0) is 32.4 Å². The van der Waals surface area contributed by atoms with Crippen molar-refractivity contribution in [1.82, 2.24) is 4.90 Å². The van der Waals surface area contributed by atoms with Crippen LogP contribution in [0.4, 0.5) is 0 Å². The quantitative estimate of drug-likeness (QED) is 0.827. The maximum absolute atomic E-state index is 12.4. The Morgan fingerprint density at radius 2 is 2.28 bits per heavy atom. The Morgan fingerprint density at radius 1 is 1.50 bits per heavy atom. The van der Waals surface area contributed by atoms with E-state index in [0.717, 1.165) is 12.0 Å². The van der Waals surface area contributed by atoms with Crippen molar-refractivity contribution in [2.75, 3.05) is 19.7 Å². The highest BCUT2D eigenvalue weighted by molar-refractivity contribution is 5.97. The Balaban J connectivity index is 2.21. The molecule has 1 unspecified atom stereocenters. The second-order valence-electron chi connectivity index (χ2n) is 4.81. The van der Waals surface area contributed by atoms with E-state index in [4.69, 9.17) is 4.74 Å². The summed E-state index contributed by atoms with van der Waals surface area (Å²) in [7, 11) is 0. The first kappa shape index (κ1) is 12.9. The van der Waals surface area contributed by atoms with Crippen molar-refractivity contribution in [2.45, 2.75) is 26.4 Å². The smallest absolute Gasteiger partial charge is 0.257 e. The van der Waals surface area contributed by atoms with Gasteiger partial charge in [-0.3, -0.25) is 4.79 Å². The Bertz CT molecular complexity index is 445. The van der Waals surface area contributed by atoms with Crippen LogP contribution < -0.4 is 0 Å². The number of phenols is 1. The molecule has 1 aliphatic heterocycles. The largest absolute Gasteiger partial charge is 0.507 e. The van der Waals surface area contributed by atoms with Gasteiger partial charge in [-0.25, -0.2) is 0 Å². The van der Waals surface area contributed by atoms with Crippen LogP contribution in [0.1, 0.15) is 29.3 Å². The van der Waals surface area contributed by atoms with Crippen molar-refractivity contribution in [2.24, 2.45) is 0 Å². The fraction of sp³-hybridized carbons (Fsp3) is 0.500. The molecule has 98 valence electrons. The third kappa shape index (κ3) is 2.82. The van der Waals surface area contributed by atoms with Crippen LogP contribution in [-0.4, -0.2) is 41.7 Å². The number of ether oxygens (including phenoxy) is 1. The van der Waals surface area contributed by atoms with Gasteiger partial charge in [0.05, 0.1) is 11.7 Å². The summed E-state index contributed by atoms with van der Waals surface area (Å²) < 4.78 is 5.52. The first-order valence-corrected chi connectivity index (χ1v) is 6.28. The summed E-state index contributed by atoms with van der Waals surface area (Å²) in [5.41, 5.74) is 1.35. The van der Waals surface area contributed by atoms with Crippen LogP contribution in [0.2, 0.25) is 0 Å². The van der Waals surface area contributed by atoms with Crippen LogP contribution in [0, 0.1) is 6.92 Å². The summed E-state index contributed by atoms with van der Waals surface area (Å²) in [6, 6.07) is 5.09. The molecule has 0 saturated carbocycles. The van der Waals surface area contributed by atoms with Crippen molar-refractivity contribution in [1.29, 1.82) is 0 Å². The second kappa shape index (κ2) is 5.40. The molecule has 0 aliphatic carbocycles. The minimum Gasteiger partial charge on any atom is -0.507 e. The SMILES string of the molecule is Cc1ccc(O)c(C(=O)N2CCCOC(C)C2)c1. The number of benzene rings is 1. The third-order valence-electron chi connectivity index (χ3n) is 3.12. The maximum atomic E-state index is 12.4. The molecule has 1 saturated heterocycles. The molecule has 2 rings (SSSR count). The zero-order valence-electron chi connectivity index (χ0n) is 10.8. The Morgan fingerprint density at radius 3 is 3.06 bits per heavy atom. The Hall–Kier alpha value is -1.55. The van der Waals surface area contributed by atoms with Crippen LogP contribution in [0.25, 0.3) is 0 Å². The molecule has 1 amide bonds. The van der Waals surface area contributed by atoms with Gasteiger partial charge in [-0.1, -0.05) is 11.6 Å². The van der Waals surface area contributed by atoms with E-state index in [9.17, 15) is 9.90 Å². The Labute approximate surface area is 107 Å². The number of hydrogen-bond donors (Lipinski definition) is 1. The van der Waals surface area contributed by atoms with Gasteiger partial charge in [0.1, 0.15) is 5.75 Å². The average molecular weight is 249 g/mol. The highest BCUT2D eigenvalue weighted by atomic mass is 16.5. The van der Waals surface area contributed by atoms with Crippen LogP contribution in [0.15, 0.2) is 18.2 Å². The molecule has 18 heavy (non-hydrogen) atoms. The molecule has 4 heteroatoms. The lowest BCUT2D eigenvalue weighted by Crippen LogP contribution is -2.36. The molecule has 1 heterocycles. The fourth-order valence-corrected chi connectivity index (χ4v) is 2.17. The van der Waals surface area contributed by atoms with E-state index in [0.29, 0.717) is 25.3 Å². The minimum absolute atomic E-state index is 0.0448. The van der Waals surface area contributed by atoms with Gasteiger partial charge in [-0.15, -0.1) is 0 Å². The maximum Gasteiger partial charge on any atom is 0.257 e. The van der Waals surface area contributed by atoms with E-state index in [1.807, 2.05) is 13.8 Å². The average Bonchev–Trinajstić information content (AvgIpc) is 2.56.